The van der Waals surface area contributed by atoms with E-state index in [0.29, 0.717) is 11.9 Å². The molecule has 4 heteroatoms. The number of aromatic nitrogens is 1. The van der Waals surface area contributed by atoms with Crippen molar-refractivity contribution in [1.29, 1.82) is 0 Å². The van der Waals surface area contributed by atoms with Crippen LogP contribution in [0.2, 0.25) is 0 Å². The van der Waals surface area contributed by atoms with Crippen molar-refractivity contribution in [3.8, 4) is 0 Å². The molecule has 1 aromatic heterocycles. The van der Waals surface area contributed by atoms with Crippen LogP contribution in [0.15, 0.2) is 28.7 Å². The predicted molar refractivity (Wildman–Crippen MR) is 70.4 cm³/mol. The second-order valence-electron chi connectivity index (χ2n) is 4.51. The van der Waals surface area contributed by atoms with Gasteiger partial charge in [0.25, 0.3) is 6.01 Å². The summed E-state index contributed by atoms with van der Waals surface area (Å²) in [7, 11) is 3.98. The lowest BCUT2D eigenvalue weighted by molar-refractivity contribution is 0.510. The summed E-state index contributed by atoms with van der Waals surface area (Å²) in [6.45, 7) is 4.12. The lowest BCUT2D eigenvalue weighted by Gasteiger charge is -2.19. The zero-order valence-corrected chi connectivity index (χ0v) is 10.6. The molecule has 1 aromatic carbocycles. The number of hydrogen-bond acceptors (Lipinski definition) is 4. The van der Waals surface area contributed by atoms with Crippen molar-refractivity contribution in [1.82, 2.24) is 10.3 Å². The van der Waals surface area contributed by atoms with E-state index in [-0.39, 0.29) is 0 Å². The molecule has 0 amide bonds. The van der Waals surface area contributed by atoms with Gasteiger partial charge in [0.1, 0.15) is 5.52 Å². The lowest BCUT2D eigenvalue weighted by Crippen LogP contribution is -2.29. The normalized spacial score (nSPS) is 12.9. The molecule has 0 saturated heterocycles. The third-order valence-corrected chi connectivity index (χ3v) is 2.75. The van der Waals surface area contributed by atoms with Crippen molar-refractivity contribution in [2.24, 2.45) is 5.92 Å². The van der Waals surface area contributed by atoms with Crippen molar-refractivity contribution in [3.05, 3.63) is 24.3 Å². The van der Waals surface area contributed by atoms with Crippen molar-refractivity contribution in [3.63, 3.8) is 0 Å². The summed E-state index contributed by atoms with van der Waals surface area (Å²) in [5.74, 6) is 0.556. The molecule has 1 unspecified atom stereocenters. The molecule has 1 N–H and O–H groups in total. The molecule has 0 bridgehead atoms. The fraction of sp³-hybridized carbons (Fsp3) is 0.462. The van der Waals surface area contributed by atoms with Gasteiger partial charge >= 0.3 is 0 Å². The smallest absolute Gasteiger partial charge is 0.298 e. The van der Waals surface area contributed by atoms with Gasteiger partial charge in [0.2, 0.25) is 0 Å². The van der Waals surface area contributed by atoms with E-state index >= 15 is 0 Å². The topological polar surface area (TPSA) is 41.3 Å². The maximum absolute atomic E-state index is 5.70. The Balaban J connectivity index is 2.10. The minimum absolute atomic E-state index is 0.556. The molecule has 0 radical (unpaired) electrons. The van der Waals surface area contributed by atoms with E-state index in [9.17, 15) is 0 Å². The summed E-state index contributed by atoms with van der Waals surface area (Å²) in [5, 5.41) is 3.17. The number of rotatable bonds is 5. The summed E-state index contributed by atoms with van der Waals surface area (Å²) in [6.07, 6.45) is 0. The molecule has 0 fully saturated rings. The minimum atomic E-state index is 0.556. The molecule has 0 aliphatic heterocycles. The Kier molecular flexibility index (Phi) is 3.64. The lowest BCUT2D eigenvalue weighted by atomic mass is 10.2. The monoisotopic (exact) mass is 233 g/mol. The summed E-state index contributed by atoms with van der Waals surface area (Å²) in [6, 6.07) is 8.53. The van der Waals surface area contributed by atoms with Crippen molar-refractivity contribution in [2.75, 3.05) is 32.1 Å². The molecule has 2 rings (SSSR count). The van der Waals surface area contributed by atoms with Gasteiger partial charge in [-0.1, -0.05) is 19.1 Å². The second kappa shape index (κ2) is 5.19. The Hall–Kier alpha value is -1.55. The number of oxazole rings is 1. The summed E-state index contributed by atoms with van der Waals surface area (Å²) >= 11 is 0. The number of para-hydroxylation sites is 2. The Bertz CT molecular complexity index is 447. The Morgan fingerprint density at radius 3 is 2.88 bits per heavy atom. The first-order chi connectivity index (χ1) is 8.20. The van der Waals surface area contributed by atoms with Crippen molar-refractivity contribution >= 4 is 17.1 Å². The molecule has 1 heterocycles. The number of nitrogens with one attached hydrogen (secondary N) is 1. The number of anilines is 1. The van der Waals surface area contributed by atoms with Crippen molar-refractivity contribution in [2.45, 2.75) is 6.92 Å². The maximum atomic E-state index is 5.70. The van der Waals surface area contributed by atoms with Crippen LogP contribution in [0.25, 0.3) is 11.1 Å². The van der Waals surface area contributed by atoms with Gasteiger partial charge in [0, 0.05) is 13.6 Å². The molecule has 92 valence electrons. The predicted octanol–water partition coefficient (Wildman–Crippen LogP) is 2.12. The minimum Gasteiger partial charge on any atom is -0.423 e. The SMILES string of the molecule is CNCC(C)CN(C)c1nc2ccccc2o1. The van der Waals surface area contributed by atoms with Crippen LogP contribution in [-0.2, 0) is 0 Å². The third kappa shape index (κ3) is 2.77. The highest BCUT2D eigenvalue weighted by molar-refractivity contribution is 5.74. The summed E-state index contributed by atoms with van der Waals surface area (Å²) < 4.78 is 5.70. The molecule has 0 spiro atoms. The molecule has 17 heavy (non-hydrogen) atoms. The van der Waals surface area contributed by atoms with E-state index in [1.165, 1.54) is 0 Å². The molecule has 0 aliphatic carbocycles. The zero-order chi connectivity index (χ0) is 12.3. The molecule has 0 saturated carbocycles. The number of fused-ring (bicyclic) bond motifs is 1. The molecule has 1 atom stereocenters. The van der Waals surface area contributed by atoms with E-state index in [4.69, 9.17) is 4.42 Å². The van der Waals surface area contributed by atoms with E-state index in [2.05, 4.69) is 22.1 Å². The highest BCUT2D eigenvalue weighted by Gasteiger charge is 2.12. The Labute approximate surface area is 102 Å². The van der Waals surface area contributed by atoms with Crippen molar-refractivity contribution < 1.29 is 4.42 Å². The molecular formula is C13H19N3O. The molecule has 0 aliphatic rings. The first kappa shape index (κ1) is 11.9. The number of benzene rings is 1. The largest absolute Gasteiger partial charge is 0.423 e. The average molecular weight is 233 g/mol. The van der Waals surface area contributed by atoms with Crippen LogP contribution in [0, 0.1) is 5.92 Å². The summed E-state index contributed by atoms with van der Waals surface area (Å²) in [5.41, 5.74) is 1.76. The van der Waals surface area contributed by atoms with Crippen LogP contribution in [0.5, 0.6) is 0 Å². The van der Waals surface area contributed by atoms with E-state index < -0.39 is 0 Å². The van der Waals surface area contributed by atoms with Gasteiger partial charge in [0.15, 0.2) is 5.58 Å². The highest BCUT2D eigenvalue weighted by atomic mass is 16.4. The van der Waals surface area contributed by atoms with Crippen LogP contribution < -0.4 is 10.2 Å². The summed E-state index contributed by atoms with van der Waals surface area (Å²) in [4.78, 5) is 6.52. The number of nitrogens with zero attached hydrogens (tertiary/aromatic N) is 2. The zero-order valence-electron chi connectivity index (χ0n) is 10.6. The van der Waals surface area contributed by atoms with Gasteiger partial charge in [-0.2, -0.15) is 4.98 Å². The Morgan fingerprint density at radius 2 is 2.18 bits per heavy atom. The van der Waals surface area contributed by atoms with Gasteiger partial charge in [0.05, 0.1) is 0 Å². The first-order valence-electron chi connectivity index (χ1n) is 5.92. The van der Waals surface area contributed by atoms with Crippen LogP contribution in [0.4, 0.5) is 6.01 Å². The van der Waals surface area contributed by atoms with Crippen LogP contribution in [0.1, 0.15) is 6.92 Å². The fourth-order valence-corrected chi connectivity index (χ4v) is 1.98. The van der Waals surface area contributed by atoms with Crippen LogP contribution in [0.3, 0.4) is 0 Å². The third-order valence-electron chi connectivity index (χ3n) is 2.75. The first-order valence-corrected chi connectivity index (χ1v) is 5.92. The highest BCUT2D eigenvalue weighted by Crippen LogP contribution is 2.21. The quantitative estimate of drug-likeness (QED) is 0.859. The van der Waals surface area contributed by atoms with Gasteiger partial charge in [-0.25, -0.2) is 0 Å². The van der Waals surface area contributed by atoms with Crippen LogP contribution >= 0.6 is 0 Å². The average Bonchev–Trinajstić information content (AvgIpc) is 2.72. The fourth-order valence-electron chi connectivity index (χ4n) is 1.98. The second-order valence-corrected chi connectivity index (χ2v) is 4.51. The van der Waals surface area contributed by atoms with E-state index in [0.717, 1.165) is 24.2 Å². The van der Waals surface area contributed by atoms with E-state index in [1.807, 2.05) is 38.4 Å². The Morgan fingerprint density at radius 1 is 1.41 bits per heavy atom. The van der Waals surface area contributed by atoms with E-state index in [1.54, 1.807) is 0 Å². The van der Waals surface area contributed by atoms with Crippen LogP contribution in [-0.4, -0.2) is 32.2 Å². The maximum Gasteiger partial charge on any atom is 0.298 e. The molecular weight excluding hydrogens is 214 g/mol. The van der Waals surface area contributed by atoms with Gasteiger partial charge in [-0.05, 0) is 31.6 Å². The number of hydrogen-bond donors (Lipinski definition) is 1. The standard InChI is InChI=1S/C13H19N3O/c1-10(8-14-2)9-16(3)13-15-11-6-4-5-7-12(11)17-13/h4-7,10,14H,8-9H2,1-3H3. The molecule has 2 aromatic rings. The van der Waals surface area contributed by atoms with Gasteiger partial charge in [-0.15, -0.1) is 0 Å². The van der Waals surface area contributed by atoms with Gasteiger partial charge in [-0.3, -0.25) is 0 Å². The molecule has 4 nitrogen and oxygen atoms in total. The van der Waals surface area contributed by atoms with Gasteiger partial charge < -0.3 is 14.6 Å².